The van der Waals surface area contributed by atoms with Gasteiger partial charge in [-0.05, 0) is 17.7 Å². The van der Waals surface area contributed by atoms with Crippen LogP contribution in [0.2, 0.25) is 0 Å². The van der Waals surface area contributed by atoms with E-state index < -0.39 is 0 Å². The van der Waals surface area contributed by atoms with Gasteiger partial charge in [0.25, 0.3) is 0 Å². The second kappa shape index (κ2) is 4.77. The van der Waals surface area contributed by atoms with Gasteiger partial charge in [0, 0.05) is 6.42 Å². The average Bonchev–Trinajstić information content (AvgIpc) is 2.78. The molecule has 16 heavy (non-hydrogen) atoms. The number of aromatic nitrogens is 1. The number of thiazole rings is 1. The lowest BCUT2D eigenvalue weighted by molar-refractivity contribution is 0.414. The molecule has 0 aliphatic rings. The highest BCUT2D eigenvalue weighted by atomic mass is 32.1. The van der Waals surface area contributed by atoms with Crippen molar-refractivity contribution >= 4 is 11.3 Å². The van der Waals surface area contributed by atoms with Crippen molar-refractivity contribution < 1.29 is 4.74 Å². The Morgan fingerprint density at radius 2 is 2.12 bits per heavy atom. The zero-order chi connectivity index (χ0) is 11.4. The number of hydrogen-bond donors (Lipinski definition) is 0. The Balaban J connectivity index is 2.11. The summed E-state index contributed by atoms with van der Waals surface area (Å²) in [5.41, 5.74) is 1.17. The number of benzene rings is 1. The van der Waals surface area contributed by atoms with Crippen molar-refractivity contribution in [2.24, 2.45) is 0 Å². The molecule has 0 atom stereocenters. The molecule has 1 heterocycles. The molecule has 1 aromatic carbocycles. The largest absolute Gasteiger partial charge is 0.497 e. The second-order valence-corrected chi connectivity index (χ2v) is 4.37. The summed E-state index contributed by atoms with van der Waals surface area (Å²) >= 11 is 1.43. The molecule has 0 saturated carbocycles. The fourth-order valence-corrected chi connectivity index (χ4v) is 2.11. The van der Waals surface area contributed by atoms with E-state index in [9.17, 15) is 0 Å². The van der Waals surface area contributed by atoms with E-state index >= 15 is 0 Å². The van der Waals surface area contributed by atoms with Crippen LogP contribution in [0.15, 0.2) is 30.5 Å². The molecule has 2 rings (SSSR count). The third-order valence-electron chi connectivity index (χ3n) is 2.18. The van der Waals surface area contributed by atoms with Gasteiger partial charge in [0.2, 0.25) is 0 Å². The predicted molar refractivity (Wildman–Crippen MR) is 62.6 cm³/mol. The molecule has 1 aromatic heterocycles. The average molecular weight is 230 g/mol. The Morgan fingerprint density at radius 3 is 2.69 bits per heavy atom. The molecule has 0 spiro atoms. The van der Waals surface area contributed by atoms with Gasteiger partial charge < -0.3 is 4.74 Å². The van der Waals surface area contributed by atoms with Gasteiger partial charge in [-0.3, -0.25) is 0 Å². The number of nitriles is 1. The summed E-state index contributed by atoms with van der Waals surface area (Å²) in [5, 5.41) is 9.65. The normalized spacial score (nSPS) is 9.75. The number of ether oxygens (including phenoxy) is 1. The van der Waals surface area contributed by atoms with Crippen molar-refractivity contribution in [3.8, 4) is 11.8 Å². The van der Waals surface area contributed by atoms with E-state index in [1.54, 1.807) is 13.3 Å². The number of methoxy groups -OCH3 is 1. The first-order valence-corrected chi connectivity index (χ1v) is 5.61. The molecular formula is C12H10N2OS. The number of rotatable bonds is 3. The van der Waals surface area contributed by atoms with Crippen molar-refractivity contribution in [2.45, 2.75) is 6.42 Å². The molecule has 0 fully saturated rings. The summed E-state index contributed by atoms with van der Waals surface area (Å²) < 4.78 is 5.08. The summed E-state index contributed by atoms with van der Waals surface area (Å²) in [6, 6.07) is 9.95. The highest BCUT2D eigenvalue weighted by Crippen LogP contribution is 2.18. The van der Waals surface area contributed by atoms with Gasteiger partial charge in [-0.1, -0.05) is 12.1 Å². The summed E-state index contributed by atoms with van der Waals surface area (Å²) in [7, 11) is 1.65. The Kier molecular flexibility index (Phi) is 3.18. The molecule has 0 aliphatic carbocycles. The van der Waals surface area contributed by atoms with E-state index in [0.29, 0.717) is 4.88 Å². The zero-order valence-electron chi connectivity index (χ0n) is 8.80. The molecule has 80 valence electrons. The monoisotopic (exact) mass is 230 g/mol. The van der Waals surface area contributed by atoms with Crippen molar-refractivity contribution in [3.63, 3.8) is 0 Å². The topological polar surface area (TPSA) is 45.9 Å². The van der Waals surface area contributed by atoms with E-state index in [4.69, 9.17) is 10.00 Å². The lowest BCUT2D eigenvalue weighted by Crippen LogP contribution is -1.87. The third-order valence-corrected chi connectivity index (χ3v) is 3.08. The minimum absolute atomic E-state index is 0.656. The summed E-state index contributed by atoms with van der Waals surface area (Å²) in [5.74, 6) is 0.848. The van der Waals surface area contributed by atoms with Crippen molar-refractivity contribution in [1.82, 2.24) is 4.98 Å². The van der Waals surface area contributed by atoms with Crippen LogP contribution in [0.1, 0.15) is 15.4 Å². The fourth-order valence-electron chi connectivity index (χ4n) is 1.36. The molecule has 0 saturated heterocycles. The van der Waals surface area contributed by atoms with E-state index in [0.717, 1.165) is 17.2 Å². The van der Waals surface area contributed by atoms with E-state index in [-0.39, 0.29) is 0 Å². The maximum atomic E-state index is 8.69. The highest BCUT2D eigenvalue weighted by Gasteiger charge is 2.02. The van der Waals surface area contributed by atoms with Crippen LogP contribution in [0.4, 0.5) is 0 Å². The SMILES string of the molecule is COc1ccc(Cc2ncc(C#N)s2)cc1. The van der Waals surface area contributed by atoms with Gasteiger partial charge in [0.05, 0.1) is 18.3 Å². The fraction of sp³-hybridized carbons (Fsp3) is 0.167. The summed E-state index contributed by atoms with van der Waals surface area (Å²) in [6.45, 7) is 0. The Morgan fingerprint density at radius 1 is 1.38 bits per heavy atom. The Hall–Kier alpha value is -1.86. The van der Waals surface area contributed by atoms with Gasteiger partial charge >= 0.3 is 0 Å². The minimum atomic E-state index is 0.656. The van der Waals surface area contributed by atoms with Crippen molar-refractivity contribution in [2.75, 3.05) is 7.11 Å². The summed E-state index contributed by atoms with van der Waals surface area (Å²) in [4.78, 5) is 4.85. The summed E-state index contributed by atoms with van der Waals surface area (Å²) in [6.07, 6.45) is 2.37. The highest BCUT2D eigenvalue weighted by molar-refractivity contribution is 7.12. The zero-order valence-corrected chi connectivity index (χ0v) is 9.62. The lowest BCUT2D eigenvalue weighted by atomic mass is 10.1. The van der Waals surface area contributed by atoms with Gasteiger partial charge in [0.1, 0.15) is 16.7 Å². The second-order valence-electron chi connectivity index (χ2n) is 3.25. The number of nitrogens with zero attached hydrogens (tertiary/aromatic N) is 2. The van der Waals surface area contributed by atoms with Gasteiger partial charge in [-0.15, -0.1) is 11.3 Å². The van der Waals surface area contributed by atoms with Crippen LogP contribution >= 0.6 is 11.3 Å². The van der Waals surface area contributed by atoms with Crippen LogP contribution < -0.4 is 4.74 Å². The molecule has 2 aromatic rings. The van der Waals surface area contributed by atoms with Crippen LogP contribution in [0, 0.1) is 11.3 Å². The predicted octanol–water partition coefficient (Wildman–Crippen LogP) is 2.61. The van der Waals surface area contributed by atoms with Crippen molar-refractivity contribution in [3.05, 3.63) is 45.9 Å². The molecule has 0 bridgehead atoms. The molecular weight excluding hydrogens is 220 g/mol. The maximum absolute atomic E-state index is 8.69. The van der Waals surface area contributed by atoms with Crippen LogP contribution in [0.5, 0.6) is 5.75 Å². The van der Waals surface area contributed by atoms with Crippen LogP contribution in [-0.2, 0) is 6.42 Å². The molecule has 0 unspecified atom stereocenters. The van der Waals surface area contributed by atoms with Gasteiger partial charge in [-0.2, -0.15) is 5.26 Å². The standard InChI is InChI=1S/C12H10N2OS/c1-15-10-4-2-9(3-5-10)6-12-14-8-11(7-13)16-12/h2-5,8H,6H2,1H3. The molecule has 4 heteroatoms. The van der Waals surface area contributed by atoms with Gasteiger partial charge in [0.15, 0.2) is 0 Å². The quantitative estimate of drug-likeness (QED) is 0.814. The molecule has 3 nitrogen and oxygen atoms in total. The first-order valence-electron chi connectivity index (χ1n) is 4.79. The van der Waals surface area contributed by atoms with Crippen LogP contribution in [-0.4, -0.2) is 12.1 Å². The van der Waals surface area contributed by atoms with Crippen LogP contribution in [0.25, 0.3) is 0 Å². The molecule has 0 N–H and O–H groups in total. The van der Waals surface area contributed by atoms with Crippen LogP contribution in [0.3, 0.4) is 0 Å². The molecule has 0 amide bonds. The molecule has 0 radical (unpaired) electrons. The van der Waals surface area contributed by atoms with Gasteiger partial charge in [-0.25, -0.2) is 4.98 Å². The number of hydrogen-bond acceptors (Lipinski definition) is 4. The van der Waals surface area contributed by atoms with E-state index in [1.807, 2.05) is 24.3 Å². The smallest absolute Gasteiger partial charge is 0.124 e. The maximum Gasteiger partial charge on any atom is 0.124 e. The molecule has 0 aliphatic heterocycles. The van der Waals surface area contributed by atoms with Crippen molar-refractivity contribution in [1.29, 1.82) is 5.26 Å². The van der Waals surface area contributed by atoms with E-state index in [2.05, 4.69) is 11.1 Å². The Labute approximate surface area is 97.9 Å². The minimum Gasteiger partial charge on any atom is -0.497 e. The van der Waals surface area contributed by atoms with E-state index in [1.165, 1.54) is 16.9 Å². The third kappa shape index (κ3) is 2.38. The first-order chi connectivity index (χ1) is 7.81. The lowest BCUT2D eigenvalue weighted by Gasteiger charge is -2.01. The first kappa shape index (κ1) is 10.7. The Bertz CT molecular complexity index is 511.